The summed E-state index contributed by atoms with van der Waals surface area (Å²) in [7, 11) is 0. The first-order valence-electron chi connectivity index (χ1n) is 6.64. The van der Waals surface area contributed by atoms with Gasteiger partial charge in [-0.2, -0.15) is 0 Å². The average molecular weight is 344 g/mol. The molecular formula is C15H16BrClO2. The summed E-state index contributed by atoms with van der Waals surface area (Å²) in [6.07, 6.45) is 11.3. The number of allylic oxidation sites excluding steroid dienone is 3. The number of halogens is 2. The van der Waals surface area contributed by atoms with Gasteiger partial charge in [-0.15, -0.1) is 18.0 Å². The van der Waals surface area contributed by atoms with Gasteiger partial charge in [0.05, 0.1) is 17.4 Å². The molecule has 3 heterocycles. The molecular weight excluding hydrogens is 328 g/mol. The van der Waals surface area contributed by atoms with Crippen LogP contribution in [0.2, 0.25) is 0 Å². The molecule has 0 radical (unpaired) electrons. The van der Waals surface area contributed by atoms with Gasteiger partial charge in [-0.25, -0.2) is 0 Å². The maximum absolute atomic E-state index is 6.51. The van der Waals surface area contributed by atoms with Gasteiger partial charge in [0.2, 0.25) is 0 Å². The zero-order valence-corrected chi connectivity index (χ0v) is 13.0. The Balaban J connectivity index is 1.91. The molecule has 0 N–H and O–H groups in total. The summed E-state index contributed by atoms with van der Waals surface area (Å²) in [4.78, 5) is 0. The minimum Gasteiger partial charge on any atom is -0.491 e. The lowest BCUT2D eigenvalue weighted by molar-refractivity contribution is 0.0690. The first-order chi connectivity index (χ1) is 9.17. The number of terminal acetylenes is 1. The standard InChI is InChI=1S/C15H16BrClO2/c1-3-5-6-9(17)12-10-7-11-15(18-10)13(12)14(19-11)8(16)4-2/h1,5-6,9-13,15H,4,7H2,2H3/b6-5-,14-8-/t9-,10?,11?,12-,13+,15?/m1/s1. The highest BCUT2D eigenvalue weighted by Crippen LogP contribution is 2.56. The lowest BCUT2D eigenvalue weighted by Crippen LogP contribution is -2.34. The Labute approximate surface area is 127 Å². The largest absolute Gasteiger partial charge is 0.491 e. The van der Waals surface area contributed by atoms with E-state index in [1.54, 1.807) is 6.08 Å². The number of rotatable bonds is 3. The fourth-order valence-electron chi connectivity index (χ4n) is 3.50. The highest BCUT2D eigenvalue weighted by Gasteiger charge is 2.63. The van der Waals surface area contributed by atoms with Crippen LogP contribution in [0.25, 0.3) is 0 Å². The minimum absolute atomic E-state index is 0.106. The predicted octanol–water partition coefficient (Wildman–Crippen LogP) is 3.60. The molecule has 3 fully saturated rings. The van der Waals surface area contributed by atoms with E-state index >= 15 is 0 Å². The van der Waals surface area contributed by atoms with Gasteiger partial charge in [0, 0.05) is 16.8 Å². The maximum atomic E-state index is 6.51. The molecule has 19 heavy (non-hydrogen) atoms. The molecule has 0 amide bonds. The van der Waals surface area contributed by atoms with Crippen molar-refractivity contribution >= 4 is 27.5 Å². The van der Waals surface area contributed by atoms with E-state index in [1.165, 1.54) is 0 Å². The quantitative estimate of drug-likeness (QED) is 0.576. The number of ether oxygens (including phenoxy) is 2. The van der Waals surface area contributed by atoms with Crippen LogP contribution in [0.4, 0.5) is 0 Å². The summed E-state index contributed by atoms with van der Waals surface area (Å²) < 4.78 is 13.2. The molecule has 3 rings (SSSR count). The average Bonchev–Trinajstić information content (AvgIpc) is 3.02. The van der Waals surface area contributed by atoms with Crippen molar-refractivity contribution in [1.29, 1.82) is 0 Å². The van der Waals surface area contributed by atoms with E-state index in [0.717, 1.165) is 23.1 Å². The molecule has 4 heteroatoms. The second-order valence-corrected chi connectivity index (χ2v) is 6.69. The molecule has 2 nitrogen and oxygen atoms in total. The predicted molar refractivity (Wildman–Crippen MR) is 79.0 cm³/mol. The normalized spacial score (nSPS) is 43.4. The topological polar surface area (TPSA) is 18.5 Å². The van der Waals surface area contributed by atoms with Crippen LogP contribution in [-0.2, 0) is 9.47 Å². The molecule has 3 aliphatic heterocycles. The number of alkyl halides is 1. The summed E-state index contributed by atoms with van der Waals surface area (Å²) in [6.45, 7) is 2.11. The first kappa shape index (κ1) is 13.5. The van der Waals surface area contributed by atoms with Crippen molar-refractivity contribution in [3.05, 3.63) is 22.4 Å². The summed E-state index contributed by atoms with van der Waals surface area (Å²) >= 11 is 10.1. The van der Waals surface area contributed by atoms with Crippen molar-refractivity contribution in [2.75, 3.05) is 0 Å². The van der Waals surface area contributed by atoms with Crippen molar-refractivity contribution in [2.24, 2.45) is 11.8 Å². The van der Waals surface area contributed by atoms with Gasteiger partial charge >= 0.3 is 0 Å². The summed E-state index contributed by atoms with van der Waals surface area (Å²) in [5, 5.41) is -0.106. The molecule has 0 aromatic carbocycles. The van der Waals surface area contributed by atoms with E-state index in [1.807, 2.05) is 6.08 Å². The SMILES string of the molecule is C#C/C=C\[C@@H](Cl)[C@@H]1C2CC3O/C(=C(\Br)CC)[C@H]1C3O2. The van der Waals surface area contributed by atoms with Gasteiger partial charge in [-0.1, -0.05) is 34.9 Å². The Bertz CT molecular complexity index is 477. The van der Waals surface area contributed by atoms with Crippen LogP contribution >= 0.6 is 27.5 Å². The molecule has 102 valence electrons. The lowest BCUT2D eigenvalue weighted by atomic mass is 9.77. The summed E-state index contributed by atoms with van der Waals surface area (Å²) in [5.74, 6) is 4.06. The zero-order valence-electron chi connectivity index (χ0n) is 10.7. The summed E-state index contributed by atoms with van der Waals surface area (Å²) in [6, 6.07) is 0. The van der Waals surface area contributed by atoms with Crippen molar-refractivity contribution in [2.45, 2.75) is 43.5 Å². The van der Waals surface area contributed by atoms with Gasteiger partial charge in [0.25, 0.3) is 0 Å². The molecule has 0 aromatic heterocycles. The van der Waals surface area contributed by atoms with Crippen molar-refractivity contribution < 1.29 is 9.47 Å². The van der Waals surface area contributed by atoms with Crippen LogP contribution in [-0.4, -0.2) is 23.7 Å². The number of hydrogen-bond acceptors (Lipinski definition) is 2. The Morgan fingerprint density at radius 2 is 2.42 bits per heavy atom. The Kier molecular flexibility index (Phi) is 3.68. The van der Waals surface area contributed by atoms with Gasteiger partial charge in [-0.3, -0.25) is 0 Å². The minimum atomic E-state index is -0.106. The zero-order chi connectivity index (χ0) is 13.6. The third kappa shape index (κ3) is 2.05. The Morgan fingerprint density at radius 1 is 1.63 bits per heavy atom. The van der Waals surface area contributed by atoms with Crippen LogP contribution < -0.4 is 0 Å². The lowest BCUT2D eigenvalue weighted by Gasteiger charge is -2.25. The molecule has 0 spiro atoms. The second-order valence-electron chi connectivity index (χ2n) is 5.23. The molecule has 2 bridgehead atoms. The maximum Gasteiger partial charge on any atom is 0.128 e. The highest BCUT2D eigenvalue weighted by atomic mass is 79.9. The molecule has 0 aromatic rings. The van der Waals surface area contributed by atoms with E-state index in [-0.39, 0.29) is 35.5 Å². The van der Waals surface area contributed by atoms with E-state index < -0.39 is 0 Å². The molecule has 3 saturated heterocycles. The van der Waals surface area contributed by atoms with Gasteiger partial charge < -0.3 is 9.47 Å². The van der Waals surface area contributed by atoms with Crippen molar-refractivity contribution in [3.63, 3.8) is 0 Å². The highest BCUT2D eigenvalue weighted by molar-refractivity contribution is 9.11. The van der Waals surface area contributed by atoms with E-state index in [4.69, 9.17) is 27.5 Å². The first-order valence-corrected chi connectivity index (χ1v) is 7.87. The number of hydrogen-bond donors (Lipinski definition) is 0. The van der Waals surface area contributed by atoms with E-state index in [0.29, 0.717) is 0 Å². The summed E-state index contributed by atoms with van der Waals surface area (Å²) in [5.41, 5.74) is 0. The Hall–Kier alpha value is -0.430. The fourth-order valence-corrected chi connectivity index (χ4v) is 4.25. The third-order valence-corrected chi connectivity index (χ3v) is 5.65. The molecule has 3 unspecified atom stereocenters. The van der Waals surface area contributed by atoms with Crippen LogP contribution in [0.5, 0.6) is 0 Å². The van der Waals surface area contributed by atoms with E-state index in [2.05, 4.69) is 28.8 Å². The second kappa shape index (κ2) is 5.16. The van der Waals surface area contributed by atoms with Gasteiger partial charge in [0.1, 0.15) is 18.0 Å². The fraction of sp³-hybridized carbons (Fsp3) is 0.600. The Morgan fingerprint density at radius 3 is 3.11 bits per heavy atom. The van der Waals surface area contributed by atoms with Crippen LogP contribution in [0.15, 0.2) is 22.4 Å². The van der Waals surface area contributed by atoms with Gasteiger partial charge in [-0.05, 0) is 12.5 Å². The van der Waals surface area contributed by atoms with Gasteiger partial charge in [0.15, 0.2) is 0 Å². The molecule has 0 saturated carbocycles. The van der Waals surface area contributed by atoms with Crippen LogP contribution in [0, 0.1) is 24.2 Å². The molecule has 6 atom stereocenters. The van der Waals surface area contributed by atoms with Crippen LogP contribution in [0.3, 0.4) is 0 Å². The van der Waals surface area contributed by atoms with Crippen molar-refractivity contribution in [1.82, 2.24) is 0 Å². The van der Waals surface area contributed by atoms with Crippen molar-refractivity contribution in [3.8, 4) is 12.3 Å². The number of fused-ring (bicyclic) bond motifs is 1. The molecule has 0 aliphatic carbocycles. The monoisotopic (exact) mass is 342 g/mol. The molecule has 3 aliphatic rings. The third-order valence-electron chi connectivity index (χ3n) is 4.26. The smallest absolute Gasteiger partial charge is 0.128 e. The van der Waals surface area contributed by atoms with Crippen LogP contribution in [0.1, 0.15) is 19.8 Å². The van der Waals surface area contributed by atoms with E-state index in [9.17, 15) is 0 Å².